The molecule has 1 unspecified atom stereocenters. The van der Waals surface area contributed by atoms with Gasteiger partial charge in [0.15, 0.2) is 5.75 Å². The maximum absolute atomic E-state index is 11.8. The van der Waals surface area contributed by atoms with Crippen LogP contribution in [-0.2, 0) is 4.79 Å². The van der Waals surface area contributed by atoms with Gasteiger partial charge in [-0.1, -0.05) is 35.3 Å². The van der Waals surface area contributed by atoms with Crippen molar-refractivity contribution >= 4 is 39.9 Å². The Morgan fingerprint density at radius 1 is 1.20 bits per heavy atom. The smallest absolute Gasteiger partial charge is 0.310 e. The quantitative estimate of drug-likeness (QED) is 0.709. The van der Waals surface area contributed by atoms with Crippen molar-refractivity contribution in [2.45, 2.75) is 12.8 Å². The van der Waals surface area contributed by atoms with E-state index in [0.29, 0.717) is 16.3 Å². The third kappa shape index (κ3) is 3.31. The molecular formula is C17H12Cl2N2O4. The van der Waals surface area contributed by atoms with Gasteiger partial charge in [-0.05, 0) is 36.8 Å². The second-order valence-electron chi connectivity index (χ2n) is 5.38. The molecule has 0 aliphatic carbocycles. The zero-order valence-electron chi connectivity index (χ0n) is 12.9. The van der Waals surface area contributed by atoms with E-state index < -0.39 is 11.9 Å². The average Bonchev–Trinajstić information content (AvgIpc) is 2.59. The maximum atomic E-state index is 11.8. The summed E-state index contributed by atoms with van der Waals surface area (Å²) in [6.07, 6.45) is 0. The highest BCUT2D eigenvalue weighted by Gasteiger charge is 2.19. The van der Waals surface area contributed by atoms with Crippen molar-refractivity contribution in [1.82, 2.24) is 10.2 Å². The van der Waals surface area contributed by atoms with Crippen molar-refractivity contribution in [2.24, 2.45) is 0 Å². The number of ether oxygens (including phenoxy) is 1. The number of halogens is 2. The van der Waals surface area contributed by atoms with Crippen molar-refractivity contribution in [3.63, 3.8) is 0 Å². The number of H-pyrrole nitrogens is 1. The summed E-state index contributed by atoms with van der Waals surface area (Å²) in [6, 6.07) is 9.77. The highest BCUT2D eigenvalue weighted by molar-refractivity contribution is 6.37. The maximum Gasteiger partial charge on any atom is 0.310 e. The van der Waals surface area contributed by atoms with Gasteiger partial charge in [-0.15, -0.1) is 5.10 Å². The van der Waals surface area contributed by atoms with Crippen LogP contribution in [0.5, 0.6) is 11.6 Å². The van der Waals surface area contributed by atoms with Gasteiger partial charge in [-0.2, -0.15) is 0 Å². The summed E-state index contributed by atoms with van der Waals surface area (Å²) in [4.78, 5) is 22.9. The first-order valence-electron chi connectivity index (χ1n) is 7.25. The van der Waals surface area contributed by atoms with Crippen molar-refractivity contribution in [2.75, 3.05) is 0 Å². The van der Waals surface area contributed by atoms with Gasteiger partial charge in [0.2, 0.25) is 5.88 Å². The molecule has 1 atom stereocenters. The number of nitrogens with zero attached hydrogens (tertiary/aromatic N) is 1. The molecule has 0 spiro atoms. The lowest BCUT2D eigenvalue weighted by Crippen LogP contribution is -2.09. The van der Waals surface area contributed by atoms with Crippen LogP contribution in [0.25, 0.3) is 10.8 Å². The van der Waals surface area contributed by atoms with Gasteiger partial charge in [0, 0.05) is 0 Å². The fraction of sp³-hybridized carbons (Fsp3) is 0.118. The van der Waals surface area contributed by atoms with E-state index in [0.717, 1.165) is 0 Å². The number of carboxylic acid groups (broad SMARTS) is 1. The van der Waals surface area contributed by atoms with E-state index >= 15 is 0 Å². The van der Waals surface area contributed by atoms with Crippen LogP contribution < -0.4 is 10.3 Å². The summed E-state index contributed by atoms with van der Waals surface area (Å²) in [7, 11) is 0. The minimum atomic E-state index is -0.992. The van der Waals surface area contributed by atoms with Crippen LogP contribution in [0.2, 0.25) is 10.0 Å². The first-order valence-corrected chi connectivity index (χ1v) is 8.01. The van der Waals surface area contributed by atoms with E-state index in [-0.39, 0.29) is 27.2 Å². The molecule has 0 aliphatic rings. The zero-order valence-corrected chi connectivity index (χ0v) is 14.4. The van der Waals surface area contributed by atoms with Crippen molar-refractivity contribution in [1.29, 1.82) is 0 Å². The van der Waals surface area contributed by atoms with Crippen LogP contribution in [0.15, 0.2) is 41.2 Å². The van der Waals surface area contributed by atoms with Gasteiger partial charge in [0.05, 0.1) is 26.7 Å². The van der Waals surface area contributed by atoms with Crippen molar-refractivity contribution in [3.05, 3.63) is 62.4 Å². The lowest BCUT2D eigenvalue weighted by Gasteiger charge is -2.13. The molecule has 3 aromatic rings. The number of aliphatic carboxylic acids is 1. The van der Waals surface area contributed by atoms with Crippen LogP contribution in [0.4, 0.5) is 0 Å². The first kappa shape index (κ1) is 17.3. The molecule has 0 radical (unpaired) electrons. The van der Waals surface area contributed by atoms with Gasteiger partial charge in [-0.25, -0.2) is 5.10 Å². The fourth-order valence-electron chi connectivity index (χ4n) is 2.33. The Balaban J connectivity index is 2.06. The molecule has 0 bridgehead atoms. The summed E-state index contributed by atoms with van der Waals surface area (Å²) in [5.41, 5.74) is 0.111. The standard InChI is InChI=1S/C17H12Cl2N2O4/c1-8(17(23)24)9-6-12(18)14(13(19)7-9)25-16-11-5-3-2-4-10(11)15(22)20-21-16/h2-8H,1H3,(H,20,22)(H,23,24). The number of fused-ring (bicyclic) bond motifs is 1. The number of carboxylic acids is 1. The predicted molar refractivity (Wildman–Crippen MR) is 95.0 cm³/mol. The van der Waals surface area contributed by atoms with Crippen molar-refractivity contribution in [3.8, 4) is 11.6 Å². The van der Waals surface area contributed by atoms with Crippen LogP contribution in [-0.4, -0.2) is 21.3 Å². The van der Waals surface area contributed by atoms with Crippen LogP contribution in [0.3, 0.4) is 0 Å². The monoisotopic (exact) mass is 378 g/mol. The Hall–Kier alpha value is -2.57. The molecule has 2 N–H and O–H groups in total. The molecule has 0 saturated heterocycles. The number of benzene rings is 2. The second-order valence-corrected chi connectivity index (χ2v) is 6.19. The topological polar surface area (TPSA) is 92.3 Å². The molecule has 25 heavy (non-hydrogen) atoms. The van der Waals surface area contributed by atoms with E-state index in [4.69, 9.17) is 33.0 Å². The third-order valence-electron chi connectivity index (χ3n) is 3.75. The minimum Gasteiger partial charge on any atom is -0.481 e. The number of aromatic amines is 1. The van der Waals surface area contributed by atoms with Gasteiger partial charge in [0.25, 0.3) is 5.56 Å². The van der Waals surface area contributed by atoms with Crippen LogP contribution in [0.1, 0.15) is 18.4 Å². The molecule has 2 aromatic carbocycles. The predicted octanol–water partition coefficient (Wildman–Crippen LogP) is 4.21. The highest BCUT2D eigenvalue weighted by Crippen LogP contribution is 2.39. The summed E-state index contributed by atoms with van der Waals surface area (Å²) < 4.78 is 5.71. The van der Waals surface area contributed by atoms with E-state index in [1.807, 2.05) is 0 Å². The second kappa shape index (κ2) is 6.74. The van der Waals surface area contributed by atoms with E-state index in [2.05, 4.69) is 10.2 Å². The molecule has 128 valence electrons. The molecule has 0 fully saturated rings. The third-order valence-corrected chi connectivity index (χ3v) is 4.31. The molecule has 6 nitrogen and oxygen atoms in total. The van der Waals surface area contributed by atoms with E-state index in [1.165, 1.54) is 19.1 Å². The SMILES string of the molecule is CC(C(=O)O)c1cc(Cl)c(Oc2n[nH]c(=O)c3ccccc23)c(Cl)c1. The minimum absolute atomic E-state index is 0.134. The Bertz CT molecular complexity index is 1010. The first-order chi connectivity index (χ1) is 11.9. The lowest BCUT2D eigenvalue weighted by molar-refractivity contribution is -0.138. The van der Waals surface area contributed by atoms with Crippen molar-refractivity contribution < 1.29 is 14.6 Å². The average molecular weight is 379 g/mol. The van der Waals surface area contributed by atoms with Crippen LogP contribution >= 0.6 is 23.2 Å². The molecule has 0 aliphatic heterocycles. The molecule has 1 aromatic heterocycles. The summed E-state index contributed by atoms with van der Waals surface area (Å²) in [5.74, 6) is -1.49. The Labute approximate surface area is 152 Å². The molecule has 0 saturated carbocycles. The van der Waals surface area contributed by atoms with Gasteiger partial charge in [0.1, 0.15) is 0 Å². The lowest BCUT2D eigenvalue weighted by atomic mass is 10.0. The number of nitrogens with one attached hydrogen (secondary N) is 1. The van der Waals surface area contributed by atoms with Gasteiger partial charge >= 0.3 is 5.97 Å². The van der Waals surface area contributed by atoms with Gasteiger partial charge < -0.3 is 9.84 Å². The molecule has 3 rings (SSSR count). The normalized spacial score (nSPS) is 12.1. The van der Waals surface area contributed by atoms with Crippen LogP contribution in [0, 0.1) is 0 Å². The number of aromatic nitrogens is 2. The number of hydrogen-bond donors (Lipinski definition) is 2. The Morgan fingerprint density at radius 3 is 2.40 bits per heavy atom. The highest BCUT2D eigenvalue weighted by atomic mass is 35.5. The largest absolute Gasteiger partial charge is 0.481 e. The van der Waals surface area contributed by atoms with E-state index in [1.54, 1.807) is 24.3 Å². The molecule has 8 heteroatoms. The summed E-state index contributed by atoms with van der Waals surface area (Å²) in [5, 5.41) is 16.6. The summed E-state index contributed by atoms with van der Waals surface area (Å²) in [6.45, 7) is 1.53. The summed E-state index contributed by atoms with van der Waals surface area (Å²) >= 11 is 12.4. The Morgan fingerprint density at radius 2 is 1.80 bits per heavy atom. The number of hydrogen-bond acceptors (Lipinski definition) is 4. The number of carbonyl (C=O) groups is 1. The van der Waals surface area contributed by atoms with Gasteiger partial charge in [-0.3, -0.25) is 9.59 Å². The molecule has 1 heterocycles. The number of rotatable bonds is 4. The molecular weight excluding hydrogens is 367 g/mol. The molecule has 0 amide bonds. The fourth-order valence-corrected chi connectivity index (χ4v) is 2.91. The zero-order chi connectivity index (χ0) is 18.1. The van der Waals surface area contributed by atoms with E-state index in [9.17, 15) is 9.59 Å². The Kier molecular flexibility index (Phi) is 4.65.